The van der Waals surface area contributed by atoms with Crippen molar-refractivity contribution in [3.63, 3.8) is 0 Å². The SMILES string of the molecule is CCOc1cccc(N(C)Cc2csc(C)n2)c1N. The molecule has 5 heteroatoms. The molecule has 1 aromatic heterocycles. The first-order valence-electron chi connectivity index (χ1n) is 6.25. The standard InChI is InChI=1S/C14H19N3OS/c1-4-18-13-7-5-6-12(14(13)15)17(3)8-11-9-19-10(2)16-11/h5-7,9H,4,8,15H2,1-3H3. The maximum absolute atomic E-state index is 6.14. The molecule has 0 saturated carbocycles. The molecule has 0 aliphatic heterocycles. The van der Waals surface area contributed by atoms with E-state index in [-0.39, 0.29) is 0 Å². The summed E-state index contributed by atoms with van der Waals surface area (Å²) in [5, 5.41) is 3.16. The minimum Gasteiger partial charge on any atom is -0.492 e. The number of nitrogens with two attached hydrogens (primary N) is 1. The first-order valence-corrected chi connectivity index (χ1v) is 7.13. The smallest absolute Gasteiger partial charge is 0.144 e. The van der Waals surface area contributed by atoms with Crippen LogP contribution >= 0.6 is 11.3 Å². The highest BCUT2D eigenvalue weighted by Crippen LogP contribution is 2.32. The molecule has 2 rings (SSSR count). The van der Waals surface area contributed by atoms with Gasteiger partial charge in [0.25, 0.3) is 0 Å². The molecule has 1 aromatic carbocycles. The lowest BCUT2D eigenvalue weighted by Gasteiger charge is -2.21. The molecule has 102 valence electrons. The van der Waals surface area contributed by atoms with Crippen molar-refractivity contribution < 1.29 is 4.74 Å². The van der Waals surface area contributed by atoms with Gasteiger partial charge in [0.1, 0.15) is 5.75 Å². The van der Waals surface area contributed by atoms with Gasteiger partial charge >= 0.3 is 0 Å². The molecule has 4 nitrogen and oxygen atoms in total. The molecule has 1 heterocycles. The molecule has 19 heavy (non-hydrogen) atoms. The van der Waals surface area contributed by atoms with Crippen LogP contribution in [0.15, 0.2) is 23.6 Å². The third-order valence-electron chi connectivity index (χ3n) is 2.82. The van der Waals surface area contributed by atoms with Crippen LogP contribution < -0.4 is 15.4 Å². The number of nitrogens with zero attached hydrogens (tertiary/aromatic N) is 2. The molecule has 0 fully saturated rings. The van der Waals surface area contributed by atoms with Crippen LogP contribution in [0.5, 0.6) is 5.75 Å². The van der Waals surface area contributed by atoms with Crippen LogP contribution in [0.2, 0.25) is 0 Å². The molecule has 0 atom stereocenters. The Kier molecular flexibility index (Phi) is 4.27. The third-order valence-corrected chi connectivity index (χ3v) is 3.64. The first kappa shape index (κ1) is 13.7. The van der Waals surface area contributed by atoms with Gasteiger partial charge in [-0.25, -0.2) is 4.98 Å². The second-order valence-electron chi connectivity index (χ2n) is 4.34. The molecule has 0 amide bonds. The summed E-state index contributed by atoms with van der Waals surface area (Å²) in [6.45, 7) is 5.32. The summed E-state index contributed by atoms with van der Waals surface area (Å²) in [4.78, 5) is 6.56. The second-order valence-corrected chi connectivity index (χ2v) is 5.40. The highest BCUT2D eigenvalue weighted by Gasteiger charge is 2.11. The van der Waals surface area contributed by atoms with Crippen molar-refractivity contribution in [1.82, 2.24) is 4.98 Å². The highest BCUT2D eigenvalue weighted by atomic mass is 32.1. The van der Waals surface area contributed by atoms with Gasteiger partial charge in [-0.2, -0.15) is 0 Å². The zero-order valence-corrected chi connectivity index (χ0v) is 12.3. The molecule has 0 unspecified atom stereocenters. The Hall–Kier alpha value is -1.75. The summed E-state index contributed by atoms with van der Waals surface area (Å²) in [7, 11) is 2.01. The van der Waals surface area contributed by atoms with E-state index in [2.05, 4.69) is 15.3 Å². The summed E-state index contributed by atoms with van der Waals surface area (Å²) in [6, 6.07) is 5.85. The van der Waals surface area contributed by atoms with E-state index in [1.165, 1.54) is 0 Å². The number of anilines is 2. The highest BCUT2D eigenvalue weighted by molar-refractivity contribution is 7.09. The van der Waals surface area contributed by atoms with E-state index in [0.717, 1.165) is 28.7 Å². The number of aromatic nitrogens is 1. The van der Waals surface area contributed by atoms with Gasteiger partial charge in [-0.05, 0) is 26.0 Å². The van der Waals surface area contributed by atoms with Gasteiger partial charge in [0.05, 0.1) is 35.2 Å². The molecule has 2 N–H and O–H groups in total. The van der Waals surface area contributed by atoms with Crippen molar-refractivity contribution in [2.24, 2.45) is 0 Å². The molecule has 0 saturated heterocycles. The summed E-state index contributed by atoms with van der Waals surface area (Å²) >= 11 is 1.66. The summed E-state index contributed by atoms with van der Waals surface area (Å²) in [5.74, 6) is 0.737. The van der Waals surface area contributed by atoms with Crippen LogP contribution in [0, 0.1) is 6.92 Å². The number of aryl methyl sites for hydroxylation is 1. The Bertz CT molecular complexity index is 553. The van der Waals surface area contributed by atoms with E-state index in [4.69, 9.17) is 10.5 Å². The number of rotatable bonds is 5. The number of benzene rings is 1. The maximum Gasteiger partial charge on any atom is 0.144 e. The van der Waals surface area contributed by atoms with Crippen LogP contribution in [0.4, 0.5) is 11.4 Å². The molecular formula is C14H19N3OS. The van der Waals surface area contributed by atoms with E-state index < -0.39 is 0 Å². The first-order chi connectivity index (χ1) is 9.11. The summed E-state index contributed by atoms with van der Waals surface area (Å²) in [6.07, 6.45) is 0. The van der Waals surface area contributed by atoms with Crippen LogP contribution in [-0.2, 0) is 6.54 Å². The van der Waals surface area contributed by atoms with Crippen molar-refractivity contribution in [2.75, 3.05) is 24.3 Å². The lowest BCUT2D eigenvalue weighted by molar-refractivity contribution is 0.342. The molecule has 2 aromatic rings. The predicted octanol–water partition coefficient (Wildman–Crippen LogP) is 3.07. The lowest BCUT2D eigenvalue weighted by atomic mass is 10.2. The van der Waals surface area contributed by atoms with Gasteiger partial charge in [-0.1, -0.05) is 6.07 Å². The van der Waals surface area contributed by atoms with E-state index in [1.54, 1.807) is 11.3 Å². The minimum atomic E-state index is 0.614. The monoisotopic (exact) mass is 277 g/mol. The normalized spacial score (nSPS) is 10.5. The number of ether oxygens (including phenoxy) is 1. The molecule has 0 bridgehead atoms. The van der Waals surface area contributed by atoms with Gasteiger partial charge < -0.3 is 15.4 Å². The number of nitrogen functional groups attached to an aromatic ring is 1. The minimum absolute atomic E-state index is 0.614. The van der Waals surface area contributed by atoms with Crippen LogP contribution in [0.25, 0.3) is 0 Å². The summed E-state index contributed by atoms with van der Waals surface area (Å²) in [5.41, 5.74) is 8.85. The lowest BCUT2D eigenvalue weighted by Crippen LogP contribution is -2.18. The van der Waals surface area contributed by atoms with Gasteiger partial charge in [0.2, 0.25) is 0 Å². The number of hydrogen-bond acceptors (Lipinski definition) is 5. The zero-order chi connectivity index (χ0) is 13.8. The number of para-hydroxylation sites is 1. The van der Waals surface area contributed by atoms with Crippen molar-refractivity contribution >= 4 is 22.7 Å². The Labute approximate surface area is 117 Å². The van der Waals surface area contributed by atoms with Crippen molar-refractivity contribution in [3.8, 4) is 5.75 Å². The Balaban J connectivity index is 2.18. The number of thiazole rings is 1. The molecule has 0 spiro atoms. The van der Waals surface area contributed by atoms with Crippen molar-refractivity contribution in [1.29, 1.82) is 0 Å². The van der Waals surface area contributed by atoms with E-state index in [1.807, 2.05) is 39.1 Å². The maximum atomic E-state index is 6.14. The molecule has 0 aliphatic rings. The fourth-order valence-corrected chi connectivity index (χ4v) is 2.56. The van der Waals surface area contributed by atoms with Crippen molar-refractivity contribution in [2.45, 2.75) is 20.4 Å². The van der Waals surface area contributed by atoms with Gasteiger partial charge in [0, 0.05) is 12.4 Å². The quantitative estimate of drug-likeness (QED) is 0.853. The Morgan fingerprint density at radius 3 is 2.84 bits per heavy atom. The Morgan fingerprint density at radius 1 is 1.42 bits per heavy atom. The molecule has 0 aliphatic carbocycles. The average Bonchev–Trinajstić information content (AvgIpc) is 2.77. The second kappa shape index (κ2) is 5.93. The fraction of sp³-hybridized carbons (Fsp3) is 0.357. The Morgan fingerprint density at radius 2 is 2.21 bits per heavy atom. The fourth-order valence-electron chi connectivity index (χ4n) is 1.96. The van der Waals surface area contributed by atoms with E-state index in [9.17, 15) is 0 Å². The van der Waals surface area contributed by atoms with E-state index in [0.29, 0.717) is 12.3 Å². The summed E-state index contributed by atoms with van der Waals surface area (Å²) < 4.78 is 5.52. The van der Waals surface area contributed by atoms with Gasteiger partial charge in [-0.3, -0.25) is 0 Å². The van der Waals surface area contributed by atoms with Crippen molar-refractivity contribution in [3.05, 3.63) is 34.3 Å². The molecular weight excluding hydrogens is 258 g/mol. The third kappa shape index (κ3) is 3.17. The topological polar surface area (TPSA) is 51.4 Å². The predicted molar refractivity (Wildman–Crippen MR) is 81.0 cm³/mol. The zero-order valence-electron chi connectivity index (χ0n) is 11.5. The van der Waals surface area contributed by atoms with Crippen LogP contribution in [-0.4, -0.2) is 18.6 Å². The van der Waals surface area contributed by atoms with Gasteiger partial charge in [-0.15, -0.1) is 11.3 Å². The van der Waals surface area contributed by atoms with Crippen LogP contribution in [0.3, 0.4) is 0 Å². The molecule has 0 radical (unpaired) electrons. The largest absolute Gasteiger partial charge is 0.492 e. The number of hydrogen-bond donors (Lipinski definition) is 1. The average molecular weight is 277 g/mol. The van der Waals surface area contributed by atoms with Crippen LogP contribution in [0.1, 0.15) is 17.6 Å². The van der Waals surface area contributed by atoms with E-state index >= 15 is 0 Å². The van der Waals surface area contributed by atoms with Gasteiger partial charge in [0.15, 0.2) is 0 Å².